The number of rotatable bonds is 11. The van der Waals surface area contributed by atoms with E-state index in [9.17, 15) is 0 Å². The molecule has 0 bridgehead atoms. The fraction of sp³-hybridized carbons (Fsp3) is 0. The number of nitrogens with zero attached hydrogens (tertiary/aromatic N) is 7. The van der Waals surface area contributed by atoms with E-state index >= 15 is 9.13 Å². The topological polar surface area (TPSA) is 98.9 Å². The lowest BCUT2D eigenvalue weighted by atomic mass is 10.0. The molecule has 2 aliphatic rings. The van der Waals surface area contributed by atoms with Crippen LogP contribution in [-0.2, 0) is 9.13 Å². The Kier molecular flexibility index (Phi) is 12.5. The summed E-state index contributed by atoms with van der Waals surface area (Å²) in [6.07, 6.45) is 0. The third-order valence-electron chi connectivity index (χ3n) is 16.3. The second-order valence-electron chi connectivity index (χ2n) is 21.5. The molecule has 12 aromatic carbocycles. The largest absolute Gasteiger partial charge is 0.455 e. The Morgan fingerprint density at radius 1 is 0.276 bits per heavy atom. The lowest BCUT2D eigenvalue weighted by molar-refractivity contribution is 0.581. The molecule has 0 fully saturated rings. The molecule has 0 N–H and O–H groups in total. The van der Waals surface area contributed by atoms with Crippen LogP contribution < -0.4 is 29.3 Å². The van der Waals surface area contributed by atoms with Crippen molar-refractivity contribution in [3.8, 4) is 56.4 Å². The van der Waals surface area contributed by atoms with Crippen LogP contribution in [0.3, 0.4) is 0 Å². The summed E-state index contributed by atoms with van der Waals surface area (Å²) >= 11 is 0. The zero-order chi connectivity index (χ0) is 58.1. The van der Waals surface area contributed by atoms with Crippen LogP contribution in [0.5, 0.6) is 0 Å². The van der Waals surface area contributed by atoms with Gasteiger partial charge < -0.3 is 4.42 Å². The highest BCUT2D eigenvalue weighted by molar-refractivity contribution is 7.76. The summed E-state index contributed by atoms with van der Waals surface area (Å²) in [6, 6.07) is 103. The summed E-state index contributed by atoms with van der Waals surface area (Å²) in [4.78, 5) is 15.5. The number of furan rings is 1. The summed E-state index contributed by atoms with van der Waals surface area (Å²) in [5.41, 5.74) is 13.7. The number of anilines is 8. The molecule has 0 spiro atoms. The van der Waals surface area contributed by atoms with Crippen LogP contribution in [0, 0.1) is 0 Å². The third kappa shape index (κ3) is 8.60. The molecule has 87 heavy (non-hydrogen) atoms. The number of fused-ring (bicyclic) bond motifs is 5. The fourth-order valence-corrected chi connectivity index (χ4v) is 18.4. The van der Waals surface area contributed by atoms with Gasteiger partial charge in [0.2, 0.25) is 0 Å². The van der Waals surface area contributed by atoms with Gasteiger partial charge >= 0.3 is 14.9 Å². The average molecular weight is 1160 g/mol. The Morgan fingerprint density at radius 2 is 0.701 bits per heavy atom. The predicted octanol–water partition coefficient (Wildman–Crippen LogP) is 19.7. The highest BCUT2D eigenvalue weighted by Crippen LogP contribution is 2.72. The highest BCUT2D eigenvalue weighted by Gasteiger charge is 2.51. The van der Waals surface area contributed by atoms with Crippen molar-refractivity contribution in [3.05, 3.63) is 309 Å². The van der Waals surface area contributed by atoms with Crippen molar-refractivity contribution < 1.29 is 13.5 Å². The smallest absolute Gasteiger partial charge is 0.301 e. The van der Waals surface area contributed by atoms with E-state index in [-0.39, 0.29) is 0 Å². The van der Waals surface area contributed by atoms with Crippen molar-refractivity contribution in [2.24, 2.45) is 0 Å². The Balaban J connectivity index is 0.847. The Labute approximate surface area is 503 Å². The third-order valence-corrected chi connectivity index (χ3v) is 22.2. The molecule has 16 rings (SSSR count). The van der Waals surface area contributed by atoms with Crippen molar-refractivity contribution in [3.63, 3.8) is 0 Å². The molecule has 0 saturated heterocycles. The van der Waals surface area contributed by atoms with Gasteiger partial charge in [0, 0.05) is 39.0 Å². The maximum absolute atomic E-state index is 17.6. The van der Waals surface area contributed by atoms with Gasteiger partial charge in [0.15, 0.2) is 17.5 Å². The van der Waals surface area contributed by atoms with Gasteiger partial charge in [-0.25, -0.2) is 15.0 Å². The van der Waals surface area contributed by atoms with Gasteiger partial charge in [0.05, 0.1) is 44.6 Å². The van der Waals surface area contributed by atoms with Crippen molar-refractivity contribution in [2.45, 2.75) is 0 Å². The Bertz CT molecular complexity index is 5030. The molecule has 0 amide bonds. The first-order valence-electron chi connectivity index (χ1n) is 28.8. The number of para-hydroxylation sites is 7. The van der Waals surface area contributed by atoms with E-state index in [1.165, 1.54) is 0 Å². The van der Waals surface area contributed by atoms with E-state index in [1.807, 2.05) is 261 Å². The minimum Gasteiger partial charge on any atom is -0.455 e. The van der Waals surface area contributed by atoms with E-state index in [0.717, 1.165) is 89.5 Å². The maximum Gasteiger partial charge on any atom is 0.301 e. The van der Waals surface area contributed by atoms with Crippen molar-refractivity contribution in [2.75, 3.05) is 18.7 Å². The van der Waals surface area contributed by atoms with Gasteiger partial charge in [-0.3, -0.25) is 27.8 Å². The van der Waals surface area contributed by atoms with E-state index in [1.54, 1.807) is 0 Å². The lowest BCUT2D eigenvalue weighted by Crippen LogP contribution is -2.26. The van der Waals surface area contributed by atoms with Gasteiger partial charge in [-0.2, -0.15) is 0 Å². The summed E-state index contributed by atoms with van der Waals surface area (Å²) in [5, 5.41) is 3.27. The molecule has 2 aromatic heterocycles. The molecule has 0 radical (unpaired) electrons. The molecule has 414 valence electrons. The van der Waals surface area contributed by atoms with Crippen molar-refractivity contribution in [1.29, 1.82) is 0 Å². The van der Waals surface area contributed by atoms with Gasteiger partial charge in [0.1, 0.15) is 11.2 Å². The highest BCUT2D eigenvalue weighted by atomic mass is 31.2. The number of aromatic nitrogens is 3. The van der Waals surface area contributed by atoms with Gasteiger partial charge in [0.25, 0.3) is 0 Å². The van der Waals surface area contributed by atoms with Crippen molar-refractivity contribution >= 4 is 92.9 Å². The molecular weight excluding hydrogens is 1110 g/mol. The molecule has 2 aliphatic heterocycles. The van der Waals surface area contributed by atoms with Crippen LogP contribution in [0.15, 0.2) is 314 Å². The summed E-state index contributed by atoms with van der Waals surface area (Å²) in [7, 11) is -7.69. The van der Waals surface area contributed by atoms with Crippen molar-refractivity contribution in [1.82, 2.24) is 15.0 Å². The standard InChI is InChI=1S/C75H51N7O3P2/c83-86(62-46-43-53(44-47-62)52-23-6-1-7-24-52)80(59-31-12-4-13-32-59)69-48-45-56(51-70(69)81(86)60-33-14-5-15-34-60)55-27-21-36-63(50-55)87(84)79(58-29-10-3-11-30-58)67-40-17-18-41-68(67)82(87)61-35-20-28-57(49-61)74-76-73(54-25-8-2-9-26-54)77-75(78-74)66-39-22-38-65-64-37-16-19-42-71(64)85-72(65)66/h1-51H. The zero-order valence-corrected chi connectivity index (χ0v) is 48.5. The molecule has 0 aliphatic carbocycles. The molecule has 2 atom stereocenters. The average Bonchev–Trinajstić information content (AvgIpc) is 1.62. The predicted molar refractivity (Wildman–Crippen MR) is 356 cm³/mol. The second kappa shape index (κ2) is 21.0. The first kappa shape index (κ1) is 51.7. The van der Waals surface area contributed by atoms with Crippen LogP contribution in [0.4, 0.5) is 45.5 Å². The molecule has 14 aromatic rings. The van der Waals surface area contributed by atoms with E-state index in [0.29, 0.717) is 44.9 Å². The molecular formula is C75H51N7O3P2. The van der Waals surface area contributed by atoms with E-state index < -0.39 is 14.9 Å². The van der Waals surface area contributed by atoms with Gasteiger partial charge in [-0.15, -0.1) is 0 Å². The normalized spacial score (nSPS) is 16.1. The number of hydrogen-bond donors (Lipinski definition) is 0. The van der Waals surface area contributed by atoms with Crippen LogP contribution >= 0.6 is 14.9 Å². The van der Waals surface area contributed by atoms with Gasteiger partial charge in [-0.05, 0) is 131 Å². The SMILES string of the molecule is O=P1(c2cccc(-c3ccc4c(c3)N(c3ccccc3)P(=O)(c3ccc(-c5ccccc5)cc3)N4c3ccccc3)c2)N(c2ccccc2)c2ccccc2N1c1cccc(-c2nc(-c3ccccc3)nc(-c3cccc4c3oc3ccccc34)n2)c1. The van der Waals surface area contributed by atoms with E-state index in [2.05, 4.69) is 66.7 Å². The monoisotopic (exact) mass is 1160 g/mol. The van der Waals surface area contributed by atoms with Crippen LogP contribution in [0.1, 0.15) is 0 Å². The minimum atomic E-state index is -3.96. The van der Waals surface area contributed by atoms with Crippen LogP contribution in [0.25, 0.3) is 78.4 Å². The van der Waals surface area contributed by atoms with Gasteiger partial charge in [-0.1, -0.05) is 200 Å². The van der Waals surface area contributed by atoms with E-state index in [4.69, 9.17) is 19.4 Å². The first-order valence-corrected chi connectivity index (χ1v) is 32.0. The second-order valence-corrected chi connectivity index (χ2v) is 26.3. The molecule has 4 heterocycles. The lowest BCUT2D eigenvalue weighted by Gasteiger charge is -2.33. The summed E-state index contributed by atoms with van der Waals surface area (Å²) in [5.74, 6) is 1.41. The molecule has 12 heteroatoms. The fourth-order valence-electron chi connectivity index (χ4n) is 12.4. The summed E-state index contributed by atoms with van der Waals surface area (Å²) < 4.78 is 49.1. The molecule has 2 unspecified atom stereocenters. The first-order chi connectivity index (χ1) is 42.9. The maximum atomic E-state index is 17.6. The zero-order valence-electron chi connectivity index (χ0n) is 46.7. The number of hydrogen-bond acceptors (Lipinski definition) is 6. The summed E-state index contributed by atoms with van der Waals surface area (Å²) in [6.45, 7) is 0. The van der Waals surface area contributed by atoms with Crippen LogP contribution in [0.2, 0.25) is 0 Å². The van der Waals surface area contributed by atoms with Crippen LogP contribution in [-0.4, -0.2) is 15.0 Å². The molecule has 10 nitrogen and oxygen atoms in total. The molecule has 0 saturated carbocycles. The Hall–Kier alpha value is -10.9. The number of benzene rings is 12. The Morgan fingerprint density at radius 3 is 1.36 bits per heavy atom. The minimum absolute atomic E-state index is 0.443. The quantitative estimate of drug-likeness (QED) is 0.116.